The van der Waals surface area contributed by atoms with E-state index in [0.29, 0.717) is 17.5 Å². The van der Waals surface area contributed by atoms with E-state index in [2.05, 4.69) is 48.1 Å². The monoisotopic (exact) mass is 294 g/mol. The summed E-state index contributed by atoms with van der Waals surface area (Å²) >= 11 is 3.38. The smallest absolute Gasteiger partial charge is 0.101 e. The minimum Gasteiger partial charge on any atom is -0.382 e. The highest BCUT2D eigenvalue weighted by molar-refractivity contribution is 9.10. The molecule has 2 atom stereocenters. The Balaban J connectivity index is 2.71. The van der Waals surface area contributed by atoms with Gasteiger partial charge in [0.2, 0.25) is 0 Å². The zero-order chi connectivity index (χ0) is 12.8. The Hall–Kier alpha value is -1.01. The Morgan fingerprint density at radius 2 is 2.12 bits per heavy atom. The maximum absolute atomic E-state index is 9.07. The molecule has 0 aliphatic heterocycles. The fraction of sp³-hybridized carbons (Fsp3) is 0.500. The largest absolute Gasteiger partial charge is 0.382 e. The lowest BCUT2D eigenvalue weighted by Crippen LogP contribution is -2.18. The second-order valence-corrected chi connectivity index (χ2v) is 5.51. The van der Waals surface area contributed by atoms with Gasteiger partial charge in [0.15, 0.2) is 0 Å². The van der Waals surface area contributed by atoms with Gasteiger partial charge in [-0.25, -0.2) is 0 Å². The molecule has 0 bridgehead atoms. The van der Waals surface area contributed by atoms with E-state index >= 15 is 0 Å². The first-order valence-corrected chi connectivity index (χ1v) is 6.82. The second kappa shape index (κ2) is 6.66. The Morgan fingerprint density at radius 3 is 2.71 bits per heavy atom. The number of hydrogen-bond acceptors (Lipinski definition) is 2. The van der Waals surface area contributed by atoms with Crippen molar-refractivity contribution in [2.45, 2.75) is 39.7 Å². The van der Waals surface area contributed by atoms with Crippen molar-refractivity contribution < 1.29 is 0 Å². The number of anilines is 1. The van der Waals surface area contributed by atoms with Crippen molar-refractivity contribution in [2.75, 3.05) is 5.32 Å². The first-order chi connectivity index (χ1) is 8.06. The van der Waals surface area contributed by atoms with Crippen LogP contribution in [-0.4, -0.2) is 6.04 Å². The molecule has 0 saturated heterocycles. The van der Waals surface area contributed by atoms with Gasteiger partial charge in [-0.2, -0.15) is 5.26 Å². The van der Waals surface area contributed by atoms with Crippen LogP contribution in [0.1, 0.15) is 39.2 Å². The molecule has 0 amide bonds. The fourth-order valence-corrected chi connectivity index (χ4v) is 2.19. The molecule has 2 nitrogen and oxygen atoms in total. The Morgan fingerprint density at radius 1 is 1.41 bits per heavy atom. The number of nitrogens with one attached hydrogen (secondary N) is 1. The summed E-state index contributed by atoms with van der Waals surface area (Å²) in [5.74, 6) is 0.707. The summed E-state index contributed by atoms with van der Waals surface area (Å²) in [6.07, 6.45) is 2.31. The maximum Gasteiger partial charge on any atom is 0.101 e. The molecule has 1 aromatic rings. The summed E-state index contributed by atoms with van der Waals surface area (Å²) in [4.78, 5) is 0. The SMILES string of the molecule is CCC(C)CC(C)Nc1ccc(Br)cc1C#N. The number of nitrogens with zero attached hydrogens (tertiary/aromatic N) is 1. The van der Waals surface area contributed by atoms with E-state index in [9.17, 15) is 0 Å². The van der Waals surface area contributed by atoms with Gasteiger partial charge in [0.1, 0.15) is 6.07 Å². The van der Waals surface area contributed by atoms with Crippen LogP contribution in [0.3, 0.4) is 0 Å². The lowest BCUT2D eigenvalue weighted by atomic mass is 10.00. The third-order valence-corrected chi connectivity index (χ3v) is 3.45. The maximum atomic E-state index is 9.07. The van der Waals surface area contributed by atoms with Gasteiger partial charge in [0.05, 0.1) is 11.3 Å². The van der Waals surface area contributed by atoms with Crippen molar-refractivity contribution in [3.63, 3.8) is 0 Å². The van der Waals surface area contributed by atoms with E-state index in [1.807, 2.05) is 18.2 Å². The zero-order valence-electron chi connectivity index (χ0n) is 10.6. The zero-order valence-corrected chi connectivity index (χ0v) is 12.2. The Kier molecular flexibility index (Phi) is 5.50. The predicted octanol–water partition coefficient (Wildman–Crippen LogP) is 4.56. The average Bonchev–Trinajstić information content (AvgIpc) is 2.31. The summed E-state index contributed by atoms with van der Waals surface area (Å²) in [6.45, 7) is 6.62. The van der Waals surface area contributed by atoms with Crippen LogP contribution in [-0.2, 0) is 0 Å². The van der Waals surface area contributed by atoms with Crippen LogP contribution in [0.15, 0.2) is 22.7 Å². The molecular weight excluding hydrogens is 276 g/mol. The number of benzene rings is 1. The summed E-state index contributed by atoms with van der Waals surface area (Å²) in [7, 11) is 0. The molecule has 0 spiro atoms. The van der Waals surface area contributed by atoms with Crippen LogP contribution in [0.2, 0.25) is 0 Å². The van der Waals surface area contributed by atoms with Crippen LogP contribution in [0.25, 0.3) is 0 Å². The average molecular weight is 295 g/mol. The molecule has 0 saturated carbocycles. The molecule has 0 fully saturated rings. The van der Waals surface area contributed by atoms with Gasteiger partial charge in [-0.05, 0) is 37.5 Å². The normalized spacial score (nSPS) is 13.8. The first kappa shape index (κ1) is 14.1. The summed E-state index contributed by atoms with van der Waals surface area (Å²) in [5, 5.41) is 12.5. The van der Waals surface area contributed by atoms with Gasteiger partial charge >= 0.3 is 0 Å². The van der Waals surface area contributed by atoms with Crippen LogP contribution < -0.4 is 5.32 Å². The van der Waals surface area contributed by atoms with Crippen LogP contribution in [0.4, 0.5) is 5.69 Å². The molecule has 92 valence electrons. The molecule has 17 heavy (non-hydrogen) atoms. The van der Waals surface area contributed by atoms with Crippen molar-refractivity contribution in [3.8, 4) is 6.07 Å². The van der Waals surface area contributed by atoms with Gasteiger partial charge in [-0.3, -0.25) is 0 Å². The van der Waals surface area contributed by atoms with E-state index < -0.39 is 0 Å². The highest BCUT2D eigenvalue weighted by Crippen LogP contribution is 2.22. The van der Waals surface area contributed by atoms with Gasteiger partial charge in [0, 0.05) is 10.5 Å². The highest BCUT2D eigenvalue weighted by atomic mass is 79.9. The molecule has 2 unspecified atom stereocenters. The molecule has 0 radical (unpaired) electrons. The number of halogens is 1. The molecular formula is C14H19BrN2. The summed E-state index contributed by atoms with van der Waals surface area (Å²) in [6, 6.07) is 8.36. The molecule has 1 aromatic carbocycles. The van der Waals surface area contributed by atoms with Gasteiger partial charge in [-0.15, -0.1) is 0 Å². The van der Waals surface area contributed by atoms with E-state index in [1.165, 1.54) is 6.42 Å². The number of rotatable bonds is 5. The molecule has 1 N–H and O–H groups in total. The van der Waals surface area contributed by atoms with E-state index in [0.717, 1.165) is 16.6 Å². The quantitative estimate of drug-likeness (QED) is 0.864. The van der Waals surface area contributed by atoms with Crippen molar-refractivity contribution in [3.05, 3.63) is 28.2 Å². The first-order valence-electron chi connectivity index (χ1n) is 6.03. The molecule has 0 aliphatic carbocycles. The molecule has 3 heteroatoms. The van der Waals surface area contributed by atoms with Crippen molar-refractivity contribution in [1.82, 2.24) is 0 Å². The fourth-order valence-electron chi connectivity index (χ4n) is 1.83. The molecule has 0 aliphatic rings. The summed E-state index contributed by atoms with van der Waals surface area (Å²) < 4.78 is 0.939. The minimum absolute atomic E-state index is 0.387. The van der Waals surface area contributed by atoms with Crippen molar-refractivity contribution >= 4 is 21.6 Å². The third kappa shape index (κ3) is 4.40. The minimum atomic E-state index is 0.387. The van der Waals surface area contributed by atoms with Crippen LogP contribution in [0, 0.1) is 17.2 Å². The molecule has 0 aromatic heterocycles. The lowest BCUT2D eigenvalue weighted by molar-refractivity contribution is 0.484. The van der Waals surface area contributed by atoms with Crippen LogP contribution in [0.5, 0.6) is 0 Å². The summed E-state index contributed by atoms with van der Waals surface area (Å²) in [5.41, 5.74) is 1.61. The van der Waals surface area contributed by atoms with Gasteiger partial charge in [-0.1, -0.05) is 36.2 Å². The molecule has 0 heterocycles. The van der Waals surface area contributed by atoms with E-state index in [1.54, 1.807) is 0 Å². The molecule has 1 rings (SSSR count). The van der Waals surface area contributed by atoms with Crippen LogP contribution >= 0.6 is 15.9 Å². The topological polar surface area (TPSA) is 35.8 Å². The van der Waals surface area contributed by atoms with Gasteiger partial charge < -0.3 is 5.32 Å². The number of nitriles is 1. The predicted molar refractivity (Wildman–Crippen MR) is 76.0 cm³/mol. The van der Waals surface area contributed by atoms with E-state index in [4.69, 9.17) is 5.26 Å². The Labute approximate surface area is 112 Å². The Bertz CT molecular complexity index is 409. The van der Waals surface area contributed by atoms with Crippen molar-refractivity contribution in [1.29, 1.82) is 5.26 Å². The van der Waals surface area contributed by atoms with Gasteiger partial charge in [0.25, 0.3) is 0 Å². The highest BCUT2D eigenvalue weighted by Gasteiger charge is 2.09. The second-order valence-electron chi connectivity index (χ2n) is 4.60. The standard InChI is InChI=1S/C14H19BrN2/c1-4-10(2)7-11(3)17-14-6-5-13(15)8-12(14)9-16/h5-6,8,10-11,17H,4,7H2,1-3H3. The van der Waals surface area contributed by atoms with Crippen molar-refractivity contribution in [2.24, 2.45) is 5.92 Å². The van der Waals surface area contributed by atoms with E-state index in [-0.39, 0.29) is 0 Å². The number of hydrogen-bond donors (Lipinski definition) is 1. The lowest BCUT2D eigenvalue weighted by Gasteiger charge is -2.19. The third-order valence-electron chi connectivity index (χ3n) is 2.96.